The van der Waals surface area contributed by atoms with Crippen LogP contribution in [0.25, 0.3) is 0 Å². The number of esters is 2. The monoisotopic (exact) mass is 798 g/mol. The number of carbonyl (C=O) groups excluding carboxylic acids is 5. The quantitative estimate of drug-likeness (QED) is 0.0371. The molecule has 324 valence electrons. The maximum absolute atomic E-state index is 13.3. The van der Waals surface area contributed by atoms with Crippen molar-refractivity contribution < 1.29 is 38.3 Å². The average Bonchev–Trinajstić information content (AvgIpc) is 3.42. The molecular weight excluding hydrogens is 719 g/mol. The second-order valence-electron chi connectivity index (χ2n) is 16.3. The van der Waals surface area contributed by atoms with Gasteiger partial charge in [0, 0.05) is 6.92 Å². The summed E-state index contributed by atoms with van der Waals surface area (Å²) in [5.41, 5.74) is -0.559. The Balaban J connectivity index is 1.71. The van der Waals surface area contributed by atoms with E-state index in [0.29, 0.717) is 17.9 Å². The summed E-state index contributed by atoms with van der Waals surface area (Å²) in [5.74, 6) is -4.14. The molecular formula is C48H79NO8. The van der Waals surface area contributed by atoms with Crippen molar-refractivity contribution in [1.29, 1.82) is 0 Å². The number of hydroxylamine groups is 2. The van der Waals surface area contributed by atoms with Crippen LogP contribution in [0.4, 0.5) is 0 Å². The molecule has 57 heavy (non-hydrogen) atoms. The highest BCUT2D eigenvalue weighted by atomic mass is 16.7. The number of carbonyl (C=O) groups is 5. The number of fused-ring (bicyclic) bond motifs is 1. The third-order valence-electron chi connectivity index (χ3n) is 11.1. The Labute approximate surface area is 346 Å². The first-order chi connectivity index (χ1) is 27.8. The van der Waals surface area contributed by atoms with E-state index in [-0.39, 0.29) is 35.5 Å². The Morgan fingerprint density at radius 3 is 0.912 bits per heavy atom. The van der Waals surface area contributed by atoms with Gasteiger partial charge in [0.2, 0.25) is 0 Å². The van der Waals surface area contributed by atoms with Crippen molar-refractivity contribution in [1.82, 2.24) is 5.06 Å². The first kappa shape index (κ1) is 49.9. The van der Waals surface area contributed by atoms with Crippen LogP contribution in [0, 0.1) is 0 Å². The van der Waals surface area contributed by atoms with Crippen LogP contribution in [-0.2, 0) is 19.1 Å². The average molecular weight is 798 g/mol. The fourth-order valence-corrected chi connectivity index (χ4v) is 7.60. The van der Waals surface area contributed by atoms with Gasteiger partial charge in [-0.2, -0.15) is 0 Å². The second-order valence-corrected chi connectivity index (χ2v) is 16.3. The highest BCUT2D eigenvalue weighted by Gasteiger charge is 2.41. The highest BCUT2D eigenvalue weighted by Crippen LogP contribution is 2.28. The Morgan fingerprint density at radius 1 is 0.421 bits per heavy atom. The number of benzene rings is 1. The van der Waals surface area contributed by atoms with Gasteiger partial charge in [0.25, 0.3) is 11.8 Å². The zero-order valence-corrected chi connectivity index (χ0v) is 36.4. The predicted molar refractivity (Wildman–Crippen MR) is 228 cm³/mol. The number of nitrogens with zero attached hydrogens (tertiary/aromatic N) is 1. The molecule has 0 saturated carbocycles. The van der Waals surface area contributed by atoms with Crippen LogP contribution in [0.15, 0.2) is 12.1 Å². The molecule has 0 aliphatic carbocycles. The zero-order chi connectivity index (χ0) is 41.4. The summed E-state index contributed by atoms with van der Waals surface area (Å²) in [6.45, 7) is 5.94. The van der Waals surface area contributed by atoms with Crippen molar-refractivity contribution in [2.24, 2.45) is 0 Å². The van der Waals surface area contributed by atoms with E-state index >= 15 is 0 Å². The molecule has 0 fully saturated rings. The Morgan fingerprint density at radius 2 is 0.667 bits per heavy atom. The summed E-state index contributed by atoms with van der Waals surface area (Å²) in [6, 6.07) is 2.36. The normalized spacial score (nSPS) is 12.3. The van der Waals surface area contributed by atoms with E-state index in [9.17, 15) is 24.0 Å². The van der Waals surface area contributed by atoms with E-state index in [2.05, 4.69) is 13.8 Å². The molecule has 0 radical (unpaired) electrons. The standard InChI is InChI=1S/C48H79NO8/c1-4-6-8-10-12-14-16-18-20-22-24-26-28-30-32-34-36-55-47(53)43-38-41-42(46(52)49(45(41)51)57-40(3)50)39-44(43)48(54)56-37-35-33-31-29-27-25-23-21-19-17-15-13-11-9-7-5-2/h38-39H,4-37H2,1-3H3. The molecule has 0 bridgehead atoms. The number of ether oxygens (including phenoxy) is 2. The first-order valence-electron chi connectivity index (χ1n) is 23.4. The van der Waals surface area contributed by atoms with E-state index in [1.54, 1.807) is 0 Å². The lowest BCUT2D eigenvalue weighted by molar-refractivity contribution is -0.165. The summed E-state index contributed by atoms with van der Waals surface area (Å²) in [7, 11) is 0. The molecule has 0 atom stereocenters. The molecule has 2 rings (SSSR count). The maximum Gasteiger partial charge on any atom is 0.339 e. The van der Waals surface area contributed by atoms with Gasteiger partial charge in [0.1, 0.15) is 0 Å². The lowest BCUT2D eigenvalue weighted by atomic mass is 9.99. The largest absolute Gasteiger partial charge is 0.462 e. The lowest BCUT2D eigenvalue weighted by Gasteiger charge is -2.11. The minimum Gasteiger partial charge on any atom is -0.462 e. The van der Waals surface area contributed by atoms with Gasteiger partial charge < -0.3 is 14.3 Å². The predicted octanol–water partition coefficient (Wildman–Crippen LogP) is 13.6. The SMILES string of the molecule is CCCCCCCCCCCCCCCCCCOC(=O)c1cc2c(cc1C(=O)OCCCCCCCCCCCCCCCCCC)C(=O)N(OC(C)=O)C2=O. The molecule has 0 saturated heterocycles. The van der Waals surface area contributed by atoms with Gasteiger partial charge in [-0.25, -0.2) is 14.4 Å². The molecule has 9 heteroatoms. The Hall–Kier alpha value is -3.23. The van der Waals surface area contributed by atoms with Gasteiger partial charge in [-0.3, -0.25) is 9.59 Å². The molecule has 1 heterocycles. The minimum atomic E-state index is -0.884. The van der Waals surface area contributed by atoms with Crippen molar-refractivity contribution in [3.05, 3.63) is 34.4 Å². The van der Waals surface area contributed by atoms with E-state index in [0.717, 1.165) is 45.4 Å². The number of rotatable bonds is 37. The van der Waals surface area contributed by atoms with Gasteiger partial charge in [-0.1, -0.05) is 212 Å². The van der Waals surface area contributed by atoms with Crippen molar-refractivity contribution in [2.45, 2.75) is 226 Å². The molecule has 2 amide bonds. The minimum absolute atomic E-state index is 0.134. The lowest BCUT2D eigenvalue weighted by Crippen LogP contribution is -2.31. The fraction of sp³-hybridized carbons (Fsp3) is 0.771. The zero-order valence-electron chi connectivity index (χ0n) is 36.4. The number of amides is 2. The third kappa shape index (κ3) is 21.9. The fourth-order valence-electron chi connectivity index (χ4n) is 7.60. The summed E-state index contributed by atoms with van der Waals surface area (Å²) >= 11 is 0. The summed E-state index contributed by atoms with van der Waals surface area (Å²) in [6.07, 6.45) is 39.7. The van der Waals surface area contributed by atoms with Crippen LogP contribution in [0.1, 0.15) is 268 Å². The van der Waals surface area contributed by atoms with E-state index < -0.39 is 29.7 Å². The van der Waals surface area contributed by atoms with E-state index in [4.69, 9.17) is 14.3 Å². The molecule has 0 unspecified atom stereocenters. The van der Waals surface area contributed by atoms with Crippen molar-refractivity contribution in [3.8, 4) is 0 Å². The van der Waals surface area contributed by atoms with Crippen LogP contribution in [0.5, 0.6) is 0 Å². The number of imide groups is 1. The van der Waals surface area contributed by atoms with Crippen LogP contribution in [0.3, 0.4) is 0 Å². The second kappa shape index (κ2) is 32.7. The van der Waals surface area contributed by atoms with E-state index in [1.807, 2.05) is 0 Å². The van der Waals surface area contributed by atoms with Crippen LogP contribution >= 0.6 is 0 Å². The van der Waals surface area contributed by atoms with Gasteiger partial charge >= 0.3 is 17.9 Å². The molecule has 1 aromatic rings. The molecule has 1 aliphatic rings. The highest BCUT2D eigenvalue weighted by molar-refractivity contribution is 6.22. The molecule has 0 N–H and O–H groups in total. The van der Waals surface area contributed by atoms with Crippen LogP contribution in [0.2, 0.25) is 0 Å². The molecule has 1 aromatic carbocycles. The van der Waals surface area contributed by atoms with Gasteiger partial charge in [0.15, 0.2) is 0 Å². The Bertz CT molecular complexity index is 1200. The maximum atomic E-state index is 13.3. The van der Waals surface area contributed by atoms with E-state index in [1.165, 1.54) is 166 Å². The third-order valence-corrected chi connectivity index (χ3v) is 11.1. The van der Waals surface area contributed by atoms with Gasteiger partial charge in [0.05, 0.1) is 35.5 Å². The van der Waals surface area contributed by atoms with Gasteiger partial charge in [-0.05, 0) is 25.0 Å². The first-order valence-corrected chi connectivity index (χ1v) is 23.4. The summed E-state index contributed by atoms with van der Waals surface area (Å²) in [4.78, 5) is 68.8. The van der Waals surface area contributed by atoms with Crippen LogP contribution < -0.4 is 0 Å². The number of hydrogen-bond acceptors (Lipinski definition) is 8. The molecule has 0 spiro atoms. The number of hydrogen-bond donors (Lipinski definition) is 0. The molecule has 0 aromatic heterocycles. The van der Waals surface area contributed by atoms with Crippen LogP contribution in [-0.4, -0.2) is 48.0 Å². The Kier molecular flexibility index (Phi) is 28.6. The topological polar surface area (TPSA) is 116 Å². The van der Waals surface area contributed by atoms with Gasteiger partial charge in [-0.15, -0.1) is 0 Å². The smallest absolute Gasteiger partial charge is 0.339 e. The summed E-state index contributed by atoms with van der Waals surface area (Å²) in [5, 5.41) is 0.351. The van der Waals surface area contributed by atoms with Crippen molar-refractivity contribution in [3.63, 3.8) is 0 Å². The number of unbranched alkanes of at least 4 members (excludes halogenated alkanes) is 30. The van der Waals surface area contributed by atoms with Crippen molar-refractivity contribution >= 4 is 29.7 Å². The van der Waals surface area contributed by atoms with Crippen molar-refractivity contribution in [2.75, 3.05) is 13.2 Å². The molecule has 9 nitrogen and oxygen atoms in total. The molecule has 1 aliphatic heterocycles. The summed E-state index contributed by atoms with van der Waals surface area (Å²) < 4.78 is 11.1.